The molecule has 0 amide bonds. The Balaban J connectivity index is 2.13. The quantitative estimate of drug-likeness (QED) is 0.560. The predicted octanol–water partition coefficient (Wildman–Crippen LogP) is 2.56. The Hall–Kier alpha value is -1.73. The van der Waals surface area contributed by atoms with E-state index < -0.39 is 0 Å². The summed E-state index contributed by atoms with van der Waals surface area (Å²) in [4.78, 5) is 12.8. The summed E-state index contributed by atoms with van der Waals surface area (Å²) >= 11 is 1.67. The molecule has 108 valence electrons. The third-order valence-electron chi connectivity index (χ3n) is 3.05. The molecule has 2 aromatic heterocycles. The van der Waals surface area contributed by atoms with Gasteiger partial charge in [-0.3, -0.25) is 0 Å². The van der Waals surface area contributed by atoms with Gasteiger partial charge in [-0.15, -0.1) is 11.3 Å². The highest BCUT2D eigenvalue weighted by Gasteiger charge is 2.15. The number of nitrogens with two attached hydrogens (primary N) is 1. The number of anilines is 2. The van der Waals surface area contributed by atoms with Gasteiger partial charge in [0, 0.05) is 29.6 Å². The molecule has 2 aromatic rings. The van der Waals surface area contributed by atoms with Crippen molar-refractivity contribution in [2.45, 2.75) is 32.6 Å². The average Bonchev–Trinajstić information content (AvgIpc) is 2.98. The molecule has 4 N–H and O–H groups in total. The van der Waals surface area contributed by atoms with Crippen molar-refractivity contribution in [1.29, 1.82) is 0 Å². The van der Waals surface area contributed by atoms with Crippen LogP contribution in [0.25, 0.3) is 0 Å². The van der Waals surface area contributed by atoms with E-state index in [9.17, 15) is 0 Å². The van der Waals surface area contributed by atoms with E-state index >= 15 is 0 Å². The highest BCUT2D eigenvalue weighted by atomic mass is 32.1. The summed E-state index contributed by atoms with van der Waals surface area (Å²) in [5.74, 6) is 7.62. The van der Waals surface area contributed by atoms with Crippen LogP contribution in [0, 0.1) is 0 Å². The number of nitrogens with one attached hydrogen (secondary N) is 2. The SMILES string of the molecule is CC(C)c1c(NN)ncnc1NCC(C)c1nccs1. The number of nitrogen functional groups attached to an aromatic ring is 1. The van der Waals surface area contributed by atoms with Crippen molar-refractivity contribution in [2.75, 3.05) is 17.3 Å². The zero-order valence-corrected chi connectivity index (χ0v) is 12.7. The zero-order valence-electron chi connectivity index (χ0n) is 11.9. The molecule has 1 atom stereocenters. The molecule has 0 radical (unpaired) electrons. The van der Waals surface area contributed by atoms with Crippen LogP contribution in [-0.4, -0.2) is 21.5 Å². The van der Waals surface area contributed by atoms with E-state index in [4.69, 9.17) is 5.84 Å². The largest absolute Gasteiger partial charge is 0.369 e. The molecule has 0 aliphatic carbocycles. The van der Waals surface area contributed by atoms with Crippen LogP contribution in [0.1, 0.15) is 43.2 Å². The Labute approximate surface area is 122 Å². The summed E-state index contributed by atoms with van der Waals surface area (Å²) in [6, 6.07) is 0. The van der Waals surface area contributed by atoms with Crippen molar-refractivity contribution >= 4 is 23.0 Å². The van der Waals surface area contributed by atoms with Crippen molar-refractivity contribution in [1.82, 2.24) is 15.0 Å². The molecule has 2 heterocycles. The van der Waals surface area contributed by atoms with Gasteiger partial charge in [0.05, 0.1) is 5.01 Å². The third kappa shape index (κ3) is 3.23. The van der Waals surface area contributed by atoms with E-state index in [-0.39, 0.29) is 5.92 Å². The number of thiazole rings is 1. The van der Waals surface area contributed by atoms with Gasteiger partial charge in [-0.2, -0.15) is 0 Å². The summed E-state index contributed by atoms with van der Waals surface area (Å²) in [7, 11) is 0. The summed E-state index contributed by atoms with van der Waals surface area (Å²) in [5, 5.41) is 6.49. The van der Waals surface area contributed by atoms with Crippen LogP contribution in [0.4, 0.5) is 11.6 Å². The molecule has 0 saturated heterocycles. The molecule has 0 fully saturated rings. The van der Waals surface area contributed by atoms with Gasteiger partial charge in [-0.25, -0.2) is 20.8 Å². The van der Waals surface area contributed by atoms with Gasteiger partial charge in [-0.1, -0.05) is 20.8 Å². The molecule has 6 nitrogen and oxygen atoms in total. The van der Waals surface area contributed by atoms with Gasteiger partial charge >= 0.3 is 0 Å². The highest BCUT2D eigenvalue weighted by Crippen LogP contribution is 2.28. The van der Waals surface area contributed by atoms with E-state index in [2.05, 4.69) is 46.5 Å². The maximum atomic E-state index is 5.51. The number of hydrogen-bond acceptors (Lipinski definition) is 7. The summed E-state index contributed by atoms with van der Waals surface area (Å²) < 4.78 is 0. The second-order valence-electron chi connectivity index (χ2n) is 4.94. The van der Waals surface area contributed by atoms with Crippen molar-refractivity contribution in [2.24, 2.45) is 5.84 Å². The Morgan fingerprint density at radius 2 is 1.95 bits per heavy atom. The second-order valence-corrected chi connectivity index (χ2v) is 5.86. The summed E-state index contributed by atoms with van der Waals surface area (Å²) in [6.07, 6.45) is 3.34. The van der Waals surface area contributed by atoms with E-state index in [1.165, 1.54) is 6.33 Å². The topological polar surface area (TPSA) is 88.8 Å². The predicted molar refractivity (Wildman–Crippen MR) is 82.9 cm³/mol. The van der Waals surface area contributed by atoms with Gasteiger partial charge < -0.3 is 10.7 Å². The summed E-state index contributed by atoms with van der Waals surface area (Å²) in [6.45, 7) is 7.10. The normalized spacial score (nSPS) is 12.4. The zero-order chi connectivity index (χ0) is 14.5. The molecule has 1 unspecified atom stereocenters. The molecule has 2 rings (SSSR count). The Morgan fingerprint density at radius 3 is 2.55 bits per heavy atom. The van der Waals surface area contributed by atoms with E-state index in [1.807, 2.05) is 11.6 Å². The lowest BCUT2D eigenvalue weighted by Gasteiger charge is -2.17. The van der Waals surface area contributed by atoms with Crippen molar-refractivity contribution in [3.63, 3.8) is 0 Å². The monoisotopic (exact) mass is 292 g/mol. The van der Waals surface area contributed by atoms with Crippen LogP contribution in [0.3, 0.4) is 0 Å². The maximum absolute atomic E-state index is 5.51. The maximum Gasteiger partial charge on any atom is 0.148 e. The van der Waals surface area contributed by atoms with Crippen LogP contribution < -0.4 is 16.6 Å². The van der Waals surface area contributed by atoms with Gasteiger partial charge in [-0.05, 0) is 5.92 Å². The van der Waals surface area contributed by atoms with Crippen LogP contribution in [0.15, 0.2) is 17.9 Å². The van der Waals surface area contributed by atoms with Gasteiger partial charge in [0.15, 0.2) is 0 Å². The molecular weight excluding hydrogens is 272 g/mol. The molecule has 0 saturated carbocycles. The fourth-order valence-corrected chi connectivity index (χ4v) is 2.71. The van der Waals surface area contributed by atoms with Crippen LogP contribution >= 0.6 is 11.3 Å². The molecule has 0 bridgehead atoms. The minimum atomic E-state index is 0.278. The van der Waals surface area contributed by atoms with Crippen LogP contribution in [0.5, 0.6) is 0 Å². The first-order chi connectivity index (χ1) is 9.63. The number of nitrogens with zero attached hydrogens (tertiary/aromatic N) is 3. The summed E-state index contributed by atoms with van der Waals surface area (Å²) in [5.41, 5.74) is 3.63. The second kappa shape index (κ2) is 6.62. The lowest BCUT2D eigenvalue weighted by molar-refractivity contribution is 0.781. The fourth-order valence-electron chi connectivity index (χ4n) is 2.01. The van der Waals surface area contributed by atoms with Crippen LogP contribution in [-0.2, 0) is 0 Å². The Kier molecular flexibility index (Phi) is 4.86. The minimum Gasteiger partial charge on any atom is -0.369 e. The lowest BCUT2D eigenvalue weighted by Crippen LogP contribution is -2.17. The van der Waals surface area contributed by atoms with Crippen LogP contribution in [0.2, 0.25) is 0 Å². The van der Waals surface area contributed by atoms with Crippen molar-refractivity contribution in [3.05, 3.63) is 28.5 Å². The molecule has 0 aromatic carbocycles. The number of rotatable bonds is 6. The van der Waals surface area contributed by atoms with Gasteiger partial charge in [0.1, 0.15) is 18.0 Å². The third-order valence-corrected chi connectivity index (χ3v) is 4.05. The molecule has 20 heavy (non-hydrogen) atoms. The number of hydrazine groups is 1. The Morgan fingerprint density at radius 1 is 1.20 bits per heavy atom. The van der Waals surface area contributed by atoms with E-state index in [0.717, 1.165) is 22.9 Å². The first kappa shape index (κ1) is 14.7. The smallest absolute Gasteiger partial charge is 0.148 e. The van der Waals surface area contributed by atoms with Gasteiger partial charge in [0.25, 0.3) is 0 Å². The first-order valence-corrected chi connectivity index (χ1v) is 7.46. The van der Waals surface area contributed by atoms with Crippen molar-refractivity contribution < 1.29 is 0 Å². The molecular formula is C13H20N6S. The minimum absolute atomic E-state index is 0.278. The van der Waals surface area contributed by atoms with Crippen molar-refractivity contribution in [3.8, 4) is 0 Å². The van der Waals surface area contributed by atoms with E-state index in [0.29, 0.717) is 11.7 Å². The molecule has 7 heteroatoms. The lowest BCUT2D eigenvalue weighted by atomic mass is 10.0. The fraction of sp³-hybridized carbons (Fsp3) is 0.462. The van der Waals surface area contributed by atoms with Gasteiger partial charge in [0.2, 0.25) is 0 Å². The number of aromatic nitrogens is 3. The molecule has 0 aliphatic heterocycles. The molecule has 0 spiro atoms. The average molecular weight is 292 g/mol. The highest BCUT2D eigenvalue weighted by molar-refractivity contribution is 7.09. The first-order valence-electron chi connectivity index (χ1n) is 6.58. The standard InChI is InChI=1S/C13H20N6S/c1-8(2)10-11(17-7-18-12(10)19-14)16-6-9(3)13-15-4-5-20-13/h4-5,7-9H,6,14H2,1-3H3,(H2,16,17,18,19). The number of hydrogen-bond donors (Lipinski definition) is 3. The Bertz CT molecular complexity index is 540. The van der Waals surface area contributed by atoms with E-state index in [1.54, 1.807) is 11.3 Å². The molecule has 0 aliphatic rings.